The third-order valence-corrected chi connectivity index (χ3v) is 3.57. The highest BCUT2D eigenvalue weighted by Gasteiger charge is 2.30. The van der Waals surface area contributed by atoms with Crippen LogP contribution >= 0.6 is 0 Å². The predicted molar refractivity (Wildman–Crippen MR) is 111 cm³/mol. The van der Waals surface area contributed by atoms with Crippen molar-refractivity contribution in [3.05, 3.63) is 29.8 Å². The molecular formula is C20H30N4O6. The number of benzene rings is 1. The first-order chi connectivity index (χ1) is 13.8. The number of carbonyl (C=O) groups is 3. The lowest BCUT2D eigenvalue weighted by Crippen LogP contribution is -2.48. The first-order valence-electron chi connectivity index (χ1n) is 9.40. The molecule has 0 saturated heterocycles. The smallest absolute Gasteiger partial charge is 0.415 e. The van der Waals surface area contributed by atoms with Gasteiger partial charge in [-0.3, -0.25) is 10.7 Å². The van der Waals surface area contributed by atoms with Gasteiger partial charge in [-0.05, 0) is 51.0 Å². The number of esters is 1. The summed E-state index contributed by atoms with van der Waals surface area (Å²) in [6.07, 6.45) is -2.99. The van der Waals surface area contributed by atoms with E-state index < -0.39 is 36.1 Å². The van der Waals surface area contributed by atoms with Gasteiger partial charge in [0.2, 0.25) is 6.29 Å². The van der Waals surface area contributed by atoms with E-state index in [0.717, 1.165) is 0 Å². The third kappa shape index (κ3) is 8.80. The lowest BCUT2D eigenvalue weighted by molar-refractivity contribution is -0.168. The van der Waals surface area contributed by atoms with Gasteiger partial charge >= 0.3 is 18.2 Å². The molecule has 166 valence electrons. The summed E-state index contributed by atoms with van der Waals surface area (Å²) in [6.45, 7) is 9.88. The van der Waals surface area contributed by atoms with Gasteiger partial charge in [-0.25, -0.2) is 14.4 Å². The van der Waals surface area contributed by atoms with E-state index in [4.69, 9.17) is 25.4 Å². The summed E-state index contributed by atoms with van der Waals surface area (Å²) in [4.78, 5) is 36.3. The second-order valence-electron chi connectivity index (χ2n) is 7.90. The van der Waals surface area contributed by atoms with E-state index in [1.807, 2.05) is 0 Å². The van der Waals surface area contributed by atoms with Crippen molar-refractivity contribution < 1.29 is 28.6 Å². The molecule has 0 aliphatic carbocycles. The molecule has 2 unspecified atom stereocenters. The van der Waals surface area contributed by atoms with Crippen LogP contribution in [0, 0.1) is 11.3 Å². The van der Waals surface area contributed by atoms with Crippen molar-refractivity contribution in [2.75, 3.05) is 5.73 Å². The Kier molecular flexibility index (Phi) is 8.63. The highest BCUT2D eigenvalue weighted by Crippen LogP contribution is 2.11. The Labute approximate surface area is 175 Å². The van der Waals surface area contributed by atoms with Gasteiger partial charge in [0.25, 0.3) is 0 Å². The fourth-order valence-corrected chi connectivity index (χ4v) is 2.20. The first kappa shape index (κ1) is 24.7. The lowest BCUT2D eigenvalue weighted by Gasteiger charge is -2.25. The van der Waals surface area contributed by atoms with Gasteiger partial charge in [-0.15, -0.1) is 0 Å². The molecule has 2 amide bonds. The fraction of sp³-hybridized carbons (Fsp3) is 0.500. The number of amidine groups is 1. The number of alkyl carbamates (subject to hydrolysis) is 2. The number of nitrogen functional groups attached to an aromatic ring is 1. The first-order valence-corrected chi connectivity index (χ1v) is 9.40. The molecule has 2 atom stereocenters. The molecule has 0 aliphatic heterocycles. The van der Waals surface area contributed by atoms with Crippen molar-refractivity contribution in [3.8, 4) is 0 Å². The molecule has 0 aliphatic rings. The van der Waals surface area contributed by atoms with E-state index in [0.29, 0.717) is 11.3 Å². The Hall–Kier alpha value is -3.30. The maximum Gasteiger partial charge on any atom is 0.415 e. The SMILES string of the molecule is CC(OC(=O)NC(=N)c1ccc(N)cc1)OC(=O)C(NC(=O)OC(C)(C)C)C(C)C. The highest BCUT2D eigenvalue weighted by atomic mass is 16.7. The third-order valence-electron chi connectivity index (χ3n) is 3.57. The molecule has 10 heteroatoms. The van der Waals surface area contributed by atoms with Crippen LogP contribution in [0.2, 0.25) is 0 Å². The van der Waals surface area contributed by atoms with Crippen LogP contribution in [0.25, 0.3) is 0 Å². The Morgan fingerprint density at radius 3 is 2.07 bits per heavy atom. The molecule has 30 heavy (non-hydrogen) atoms. The normalized spacial score (nSPS) is 13.0. The summed E-state index contributed by atoms with van der Waals surface area (Å²) in [5.74, 6) is -1.29. The van der Waals surface area contributed by atoms with Crippen LogP contribution in [0.1, 0.15) is 47.1 Å². The number of nitrogens with two attached hydrogens (primary N) is 1. The lowest BCUT2D eigenvalue weighted by atomic mass is 10.1. The Bertz CT molecular complexity index is 770. The summed E-state index contributed by atoms with van der Waals surface area (Å²) >= 11 is 0. The van der Waals surface area contributed by atoms with E-state index in [9.17, 15) is 14.4 Å². The average molecular weight is 422 g/mol. The highest BCUT2D eigenvalue weighted by molar-refractivity contribution is 6.04. The number of rotatable bonds is 6. The number of carbonyl (C=O) groups excluding carboxylic acids is 3. The van der Waals surface area contributed by atoms with Gasteiger partial charge in [-0.1, -0.05) is 13.8 Å². The van der Waals surface area contributed by atoms with Crippen LogP contribution in [-0.2, 0) is 19.0 Å². The maximum atomic E-state index is 12.4. The zero-order chi connectivity index (χ0) is 23.1. The van der Waals surface area contributed by atoms with Gasteiger partial charge in [0.1, 0.15) is 17.5 Å². The quantitative estimate of drug-likeness (QED) is 0.181. The van der Waals surface area contributed by atoms with Gasteiger partial charge in [0.05, 0.1) is 0 Å². The van der Waals surface area contributed by atoms with Crippen molar-refractivity contribution in [1.82, 2.24) is 10.6 Å². The molecule has 10 nitrogen and oxygen atoms in total. The van der Waals surface area contributed by atoms with Gasteiger partial charge in [-0.2, -0.15) is 0 Å². The van der Waals surface area contributed by atoms with E-state index >= 15 is 0 Å². The van der Waals surface area contributed by atoms with Crippen molar-refractivity contribution in [2.45, 2.75) is 59.5 Å². The van der Waals surface area contributed by atoms with Crippen molar-refractivity contribution in [2.24, 2.45) is 5.92 Å². The zero-order valence-corrected chi connectivity index (χ0v) is 18.1. The molecule has 0 bridgehead atoms. The van der Waals surface area contributed by atoms with E-state index in [1.54, 1.807) is 58.9 Å². The van der Waals surface area contributed by atoms with Crippen LogP contribution in [0.4, 0.5) is 15.3 Å². The molecule has 5 N–H and O–H groups in total. The van der Waals surface area contributed by atoms with E-state index in [2.05, 4.69) is 10.6 Å². The maximum absolute atomic E-state index is 12.4. The summed E-state index contributed by atoms with van der Waals surface area (Å²) in [6, 6.07) is 5.31. The van der Waals surface area contributed by atoms with E-state index in [-0.39, 0.29) is 11.8 Å². The number of ether oxygens (including phenoxy) is 3. The summed E-state index contributed by atoms with van der Waals surface area (Å²) in [7, 11) is 0. The second-order valence-corrected chi connectivity index (χ2v) is 7.90. The standard InChI is InChI=1S/C20H30N4O6/c1-11(2)15(23-19(27)30-20(4,5)6)17(25)28-12(3)29-18(26)24-16(22)13-7-9-14(21)10-8-13/h7-12,15H,21H2,1-6H3,(H,23,27)(H2,22,24,26). The largest absolute Gasteiger partial charge is 0.444 e. The second kappa shape index (κ2) is 10.5. The fourth-order valence-electron chi connectivity index (χ4n) is 2.20. The molecule has 0 aromatic heterocycles. The van der Waals surface area contributed by atoms with Crippen LogP contribution < -0.4 is 16.4 Å². The molecule has 1 aromatic carbocycles. The van der Waals surface area contributed by atoms with Crippen molar-refractivity contribution in [1.29, 1.82) is 5.41 Å². The molecule has 0 saturated carbocycles. The zero-order valence-electron chi connectivity index (χ0n) is 18.1. The molecule has 0 heterocycles. The Morgan fingerprint density at radius 1 is 1.00 bits per heavy atom. The van der Waals surface area contributed by atoms with Gasteiger partial charge in [0, 0.05) is 18.2 Å². The molecule has 1 aromatic rings. The average Bonchev–Trinajstić information content (AvgIpc) is 2.57. The molecule has 0 fully saturated rings. The number of anilines is 1. The monoisotopic (exact) mass is 422 g/mol. The van der Waals surface area contributed by atoms with Gasteiger partial charge in [0.15, 0.2) is 0 Å². The Balaban J connectivity index is 2.59. The summed E-state index contributed by atoms with van der Waals surface area (Å²) in [5.41, 5.74) is 5.80. The minimum atomic E-state index is -1.25. The topological polar surface area (TPSA) is 153 Å². The molecule has 1 rings (SSSR count). The molecular weight excluding hydrogens is 392 g/mol. The number of hydrogen-bond acceptors (Lipinski definition) is 8. The minimum absolute atomic E-state index is 0.204. The van der Waals surface area contributed by atoms with Crippen LogP contribution in [-0.4, -0.2) is 41.9 Å². The number of hydrogen-bond donors (Lipinski definition) is 4. The number of amides is 2. The van der Waals surface area contributed by atoms with Crippen LogP contribution in [0.5, 0.6) is 0 Å². The number of nitrogens with one attached hydrogen (secondary N) is 3. The molecule has 0 spiro atoms. The van der Waals surface area contributed by atoms with Crippen LogP contribution in [0.3, 0.4) is 0 Å². The minimum Gasteiger partial charge on any atom is -0.444 e. The molecule has 0 radical (unpaired) electrons. The van der Waals surface area contributed by atoms with Gasteiger partial charge < -0.3 is 25.3 Å². The van der Waals surface area contributed by atoms with E-state index in [1.165, 1.54) is 6.92 Å². The summed E-state index contributed by atoms with van der Waals surface area (Å²) < 4.78 is 15.2. The van der Waals surface area contributed by atoms with Crippen molar-refractivity contribution in [3.63, 3.8) is 0 Å². The van der Waals surface area contributed by atoms with Crippen molar-refractivity contribution >= 4 is 29.7 Å². The predicted octanol–water partition coefficient (Wildman–Crippen LogP) is 2.76. The van der Waals surface area contributed by atoms with Crippen LogP contribution in [0.15, 0.2) is 24.3 Å². The Morgan fingerprint density at radius 2 is 1.57 bits per heavy atom. The summed E-state index contributed by atoms with van der Waals surface area (Å²) in [5, 5.41) is 12.6.